The summed E-state index contributed by atoms with van der Waals surface area (Å²) in [5.74, 6) is 0. The summed E-state index contributed by atoms with van der Waals surface area (Å²) in [6, 6.07) is 17.2. The first kappa shape index (κ1) is 21.9. The SMILES string of the molecule is Cc1c(Nc2c(C#N)cncc2/C=C/c2ccc(CN3CCCCC3)cc2)ccc2[nH]ccc12. The lowest BCUT2D eigenvalue weighted by molar-refractivity contribution is 0.221. The highest BCUT2D eigenvalue weighted by atomic mass is 15.1. The van der Waals surface area contributed by atoms with Crippen LogP contribution in [0.4, 0.5) is 11.4 Å². The molecule has 4 aromatic rings. The third kappa shape index (κ3) is 4.73. The van der Waals surface area contributed by atoms with E-state index in [1.54, 1.807) is 12.4 Å². The molecule has 0 radical (unpaired) electrons. The topological polar surface area (TPSA) is 67.7 Å². The third-order valence-corrected chi connectivity index (χ3v) is 6.65. The lowest BCUT2D eigenvalue weighted by atomic mass is 10.1. The Labute approximate surface area is 200 Å². The van der Waals surface area contributed by atoms with Crippen LogP contribution in [0.2, 0.25) is 0 Å². The van der Waals surface area contributed by atoms with Crippen LogP contribution in [0, 0.1) is 18.3 Å². The average molecular weight is 448 g/mol. The zero-order chi connectivity index (χ0) is 23.3. The molecule has 34 heavy (non-hydrogen) atoms. The molecular formula is C29H29N5. The van der Waals surface area contributed by atoms with Crippen molar-refractivity contribution in [2.45, 2.75) is 32.7 Å². The number of rotatable bonds is 6. The molecule has 1 aliphatic rings. The van der Waals surface area contributed by atoms with Crippen molar-refractivity contribution in [2.24, 2.45) is 0 Å². The minimum absolute atomic E-state index is 0.521. The minimum Gasteiger partial charge on any atom is -0.361 e. The Morgan fingerprint density at radius 3 is 2.65 bits per heavy atom. The first-order valence-electron chi connectivity index (χ1n) is 11.9. The molecule has 1 fully saturated rings. The number of benzene rings is 2. The van der Waals surface area contributed by atoms with Gasteiger partial charge in [0, 0.05) is 47.3 Å². The number of likely N-dealkylation sites (tertiary alicyclic amines) is 1. The molecule has 5 nitrogen and oxygen atoms in total. The molecule has 170 valence electrons. The van der Waals surface area contributed by atoms with Gasteiger partial charge < -0.3 is 10.3 Å². The molecule has 1 saturated heterocycles. The third-order valence-electron chi connectivity index (χ3n) is 6.65. The largest absolute Gasteiger partial charge is 0.361 e. The Kier molecular flexibility index (Phi) is 6.42. The van der Waals surface area contributed by atoms with Gasteiger partial charge in [0.1, 0.15) is 6.07 Å². The molecule has 2 aromatic heterocycles. The van der Waals surface area contributed by atoms with Crippen LogP contribution in [0.1, 0.15) is 47.1 Å². The zero-order valence-corrected chi connectivity index (χ0v) is 19.5. The fourth-order valence-electron chi connectivity index (χ4n) is 4.68. The highest BCUT2D eigenvalue weighted by Gasteiger charge is 2.12. The van der Waals surface area contributed by atoms with Crippen LogP contribution in [0.5, 0.6) is 0 Å². The van der Waals surface area contributed by atoms with E-state index in [2.05, 4.69) is 75.7 Å². The number of anilines is 2. The van der Waals surface area contributed by atoms with E-state index in [0.717, 1.165) is 40.1 Å². The van der Waals surface area contributed by atoms with E-state index < -0.39 is 0 Å². The van der Waals surface area contributed by atoms with Gasteiger partial charge in [0.25, 0.3) is 0 Å². The Morgan fingerprint density at radius 1 is 1.03 bits per heavy atom. The maximum atomic E-state index is 9.72. The highest BCUT2D eigenvalue weighted by Crippen LogP contribution is 2.31. The number of H-pyrrole nitrogens is 1. The van der Waals surface area contributed by atoms with Gasteiger partial charge in [-0.05, 0) is 67.7 Å². The van der Waals surface area contributed by atoms with Crippen molar-refractivity contribution in [3.63, 3.8) is 0 Å². The number of aromatic nitrogens is 2. The summed E-state index contributed by atoms with van der Waals surface area (Å²) < 4.78 is 0. The zero-order valence-electron chi connectivity index (χ0n) is 19.5. The summed E-state index contributed by atoms with van der Waals surface area (Å²) in [4.78, 5) is 10.1. The van der Waals surface area contributed by atoms with Crippen LogP contribution < -0.4 is 5.32 Å². The number of hydrogen-bond donors (Lipinski definition) is 2. The second-order valence-electron chi connectivity index (χ2n) is 8.98. The predicted molar refractivity (Wildman–Crippen MR) is 140 cm³/mol. The highest BCUT2D eigenvalue weighted by molar-refractivity contribution is 5.90. The van der Waals surface area contributed by atoms with Crippen LogP contribution in [-0.2, 0) is 6.54 Å². The normalized spacial score (nSPS) is 14.5. The van der Waals surface area contributed by atoms with E-state index in [1.807, 2.05) is 18.3 Å². The Hall–Kier alpha value is -3.88. The number of aromatic amines is 1. The molecule has 2 aromatic carbocycles. The van der Waals surface area contributed by atoms with Crippen LogP contribution in [0.3, 0.4) is 0 Å². The number of hydrogen-bond acceptors (Lipinski definition) is 4. The van der Waals surface area contributed by atoms with Crippen molar-refractivity contribution in [1.82, 2.24) is 14.9 Å². The van der Waals surface area contributed by atoms with E-state index in [4.69, 9.17) is 0 Å². The smallest absolute Gasteiger partial charge is 0.103 e. The van der Waals surface area contributed by atoms with E-state index in [0.29, 0.717) is 5.56 Å². The van der Waals surface area contributed by atoms with Crippen LogP contribution in [0.25, 0.3) is 23.1 Å². The molecule has 1 aliphatic heterocycles. The van der Waals surface area contributed by atoms with Crippen molar-refractivity contribution >= 4 is 34.4 Å². The molecule has 0 saturated carbocycles. The number of fused-ring (bicyclic) bond motifs is 1. The molecule has 2 N–H and O–H groups in total. The number of piperidine rings is 1. The fraction of sp³-hybridized carbons (Fsp3) is 0.241. The standard InChI is InChI=1S/C29H29N5/c1-21-26-13-14-32-28(26)12-11-27(21)33-29-24(18-31-19-25(29)17-30)10-9-22-5-7-23(8-6-22)20-34-15-3-2-4-16-34/h5-14,18-19,32H,2-4,15-16,20H2,1H3,(H,31,33)/b10-9+. The first-order valence-corrected chi connectivity index (χ1v) is 11.9. The lowest BCUT2D eigenvalue weighted by Gasteiger charge is -2.26. The molecule has 0 unspecified atom stereocenters. The van der Waals surface area contributed by atoms with Crippen LogP contribution >= 0.6 is 0 Å². The van der Waals surface area contributed by atoms with Gasteiger partial charge in [-0.25, -0.2) is 0 Å². The van der Waals surface area contributed by atoms with Gasteiger partial charge in [-0.3, -0.25) is 9.88 Å². The molecule has 0 aliphatic carbocycles. The molecule has 5 rings (SSSR count). The number of nitriles is 1. The maximum absolute atomic E-state index is 9.72. The van der Waals surface area contributed by atoms with Gasteiger partial charge in [0.05, 0.1) is 11.3 Å². The molecular weight excluding hydrogens is 418 g/mol. The van der Waals surface area contributed by atoms with Crippen molar-refractivity contribution in [3.8, 4) is 6.07 Å². The van der Waals surface area contributed by atoms with Crippen LogP contribution in [0.15, 0.2) is 61.1 Å². The van der Waals surface area contributed by atoms with Crippen molar-refractivity contribution in [3.05, 3.63) is 88.9 Å². The molecule has 0 spiro atoms. The molecule has 0 atom stereocenters. The number of aryl methyl sites for hydroxylation is 1. The van der Waals surface area contributed by atoms with E-state index >= 15 is 0 Å². The fourth-order valence-corrected chi connectivity index (χ4v) is 4.68. The van der Waals surface area contributed by atoms with E-state index in [9.17, 15) is 5.26 Å². The van der Waals surface area contributed by atoms with Crippen molar-refractivity contribution < 1.29 is 0 Å². The molecule has 0 bridgehead atoms. The monoisotopic (exact) mass is 447 g/mol. The lowest BCUT2D eigenvalue weighted by Crippen LogP contribution is -2.28. The Balaban J connectivity index is 1.37. The van der Waals surface area contributed by atoms with Gasteiger partial charge in [-0.1, -0.05) is 42.8 Å². The molecule has 3 heterocycles. The number of nitrogens with zero attached hydrogens (tertiary/aromatic N) is 3. The minimum atomic E-state index is 0.521. The summed E-state index contributed by atoms with van der Waals surface area (Å²) in [5, 5.41) is 14.4. The summed E-state index contributed by atoms with van der Waals surface area (Å²) in [6.45, 7) is 5.52. The van der Waals surface area contributed by atoms with Gasteiger partial charge >= 0.3 is 0 Å². The van der Waals surface area contributed by atoms with Gasteiger partial charge in [-0.15, -0.1) is 0 Å². The van der Waals surface area contributed by atoms with Crippen molar-refractivity contribution in [2.75, 3.05) is 18.4 Å². The van der Waals surface area contributed by atoms with Crippen molar-refractivity contribution in [1.29, 1.82) is 5.26 Å². The second-order valence-corrected chi connectivity index (χ2v) is 8.98. The summed E-state index contributed by atoms with van der Waals surface area (Å²) in [7, 11) is 0. The molecule has 5 heteroatoms. The summed E-state index contributed by atoms with van der Waals surface area (Å²) >= 11 is 0. The van der Waals surface area contributed by atoms with E-state index in [-0.39, 0.29) is 0 Å². The second kappa shape index (κ2) is 9.94. The summed E-state index contributed by atoms with van der Waals surface area (Å²) in [6.07, 6.45) is 13.4. The average Bonchev–Trinajstić information content (AvgIpc) is 3.36. The quantitative estimate of drug-likeness (QED) is 0.347. The first-order chi connectivity index (χ1) is 16.7. The van der Waals surface area contributed by atoms with Gasteiger partial charge in [0.2, 0.25) is 0 Å². The Bertz CT molecular complexity index is 1350. The molecule has 0 amide bonds. The van der Waals surface area contributed by atoms with E-state index in [1.165, 1.54) is 43.3 Å². The van der Waals surface area contributed by atoms with Gasteiger partial charge in [0.15, 0.2) is 0 Å². The predicted octanol–water partition coefficient (Wildman–Crippen LogP) is 6.64. The number of nitrogens with one attached hydrogen (secondary N) is 2. The maximum Gasteiger partial charge on any atom is 0.103 e. The number of pyridine rings is 1. The Morgan fingerprint density at radius 2 is 1.85 bits per heavy atom. The van der Waals surface area contributed by atoms with Gasteiger partial charge in [-0.2, -0.15) is 5.26 Å². The summed E-state index contributed by atoms with van der Waals surface area (Å²) in [5.41, 5.74) is 7.86. The van der Waals surface area contributed by atoms with Crippen LogP contribution in [-0.4, -0.2) is 28.0 Å².